The Balaban J connectivity index is 1.24. The van der Waals surface area contributed by atoms with E-state index in [0.29, 0.717) is 43.6 Å². The van der Waals surface area contributed by atoms with E-state index in [2.05, 4.69) is 37.6 Å². The molecule has 13 heteroatoms. The van der Waals surface area contributed by atoms with Gasteiger partial charge in [-0.1, -0.05) is 18.6 Å². The topological polar surface area (TPSA) is 120 Å². The van der Waals surface area contributed by atoms with Crippen LogP contribution in [0.5, 0.6) is 6.01 Å². The highest BCUT2D eigenvalue weighted by Crippen LogP contribution is 2.41. The summed E-state index contributed by atoms with van der Waals surface area (Å²) in [6, 6.07) is 3.04. The van der Waals surface area contributed by atoms with Crippen molar-refractivity contribution in [2.45, 2.75) is 94.6 Å². The van der Waals surface area contributed by atoms with Gasteiger partial charge in [-0.3, -0.25) is 4.79 Å². The zero-order valence-electron chi connectivity index (χ0n) is 29.8. The number of alkyl halides is 1. The monoisotopic (exact) mass is 712 g/mol. The highest BCUT2D eigenvalue weighted by Gasteiger charge is 2.44. The molecule has 274 valence electrons. The van der Waals surface area contributed by atoms with E-state index in [-0.39, 0.29) is 55.7 Å². The van der Waals surface area contributed by atoms with Crippen LogP contribution in [-0.2, 0) is 24.1 Å². The highest BCUT2D eigenvalue weighted by atomic mass is 19.1. The second-order valence-corrected chi connectivity index (χ2v) is 15.2. The summed E-state index contributed by atoms with van der Waals surface area (Å²) in [7, 11) is 0. The molecule has 1 unspecified atom stereocenters. The number of β-amino-alcohol motifs (C(OH)–C–C–N with tert-alkyl or cyclic N) is 1. The number of rotatable bonds is 8. The number of nitrogens with zero attached hydrogens (tertiary/aromatic N) is 7. The van der Waals surface area contributed by atoms with Crippen molar-refractivity contribution in [1.82, 2.24) is 25.3 Å². The number of hydrogen-bond donors (Lipinski definition) is 2. The summed E-state index contributed by atoms with van der Waals surface area (Å²) in [4.78, 5) is 36.8. The summed E-state index contributed by atoms with van der Waals surface area (Å²) in [5.41, 5.74) is 2.41. The third-order valence-corrected chi connectivity index (χ3v) is 10.9. The maximum atomic E-state index is 15.1. The van der Waals surface area contributed by atoms with Crippen LogP contribution < -0.4 is 24.8 Å². The summed E-state index contributed by atoms with van der Waals surface area (Å²) < 4.78 is 36.5. The fraction of sp³-hybridized carbons (Fsp3) is 0.513. The molecule has 5 heterocycles. The molecular weight excluding hydrogens is 666 g/mol. The smallest absolute Gasteiger partial charge is 0.318 e. The van der Waals surface area contributed by atoms with Crippen molar-refractivity contribution in [2.75, 3.05) is 47.5 Å². The Morgan fingerprint density at radius 3 is 2.79 bits per heavy atom. The van der Waals surface area contributed by atoms with Gasteiger partial charge in [0.2, 0.25) is 5.91 Å². The fourth-order valence-electron chi connectivity index (χ4n) is 8.58. The lowest BCUT2D eigenvalue weighted by Crippen LogP contribution is -2.53. The molecule has 1 aliphatic carbocycles. The Bertz CT molecular complexity index is 1870. The van der Waals surface area contributed by atoms with Gasteiger partial charge in [0.05, 0.1) is 52.7 Å². The molecule has 3 aliphatic heterocycles. The highest BCUT2D eigenvalue weighted by molar-refractivity contribution is 5.87. The van der Waals surface area contributed by atoms with Crippen molar-refractivity contribution in [3.63, 3.8) is 0 Å². The van der Waals surface area contributed by atoms with Gasteiger partial charge in [-0.2, -0.15) is 9.97 Å². The van der Waals surface area contributed by atoms with E-state index in [1.807, 2.05) is 11.8 Å². The van der Waals surface area contributed by atoms with E-state index >= 15 is 4.39 Å². The number of fused-ring (bicyclic) bond motifs is 2. The normalized spacial score (nSPS) is 27.2. The Labute approximate surface area is 303 Å². The summed E-state index contributed by atoms with van der Waals surface area (Å²) in [5.74, 6) is 2.65. The first-order chi connectivity index (χ1) is 25.0. The lowest BCUT2D eigenvalue weighted by Gasteiger charge is -2.46. The summed E-state index contributed by atoms with van der Waals surface area (Å²) in [5, 5.41) is 14.4. The lowest BCUT2D eigenvalue weighted by atomic mass is 9.84. The Morgan fingerprint density at radius 2 is 2.02 bits per heavy atom. The van der Waals surface area contributed by atoms with Crippen LogP contribution in [0.3, 0.4) is 0 Å². The van der Waals surface area contributed by atoms with Gasteiger partial charge >= 0.3 is 6.01 Å². The zero-order valence-corrected chi connectivity index (χ0v) is 29.8. The van der Waals surface area contributed by atoms with E-state index in [9.17, 15) is 14.3 Å². The first-order valence-corrected chi connectivity index (χ1v) is 18.1. The number of nitrogens with one attached hydrogen (secondary N) is 1. The third-order valence-electron chi connectivity index (χ3n) is 10.9. The number of carbonyl (C=O) groups excluding carboxylic acids is 1. The van der Waals surface area contributed by atoms with Crippen molar-refractivity contribution in [3.8, 4) is 18.4 Å². The van der Waals surface area contributed by atoms with Crippen molar-refractivity contribution in [1.29, 1.82) is 0 Å². The number of terminal acetylenes is 1. The minimum Gasteiger partial charge on any atom is -0.461 e. The Morgan fingerprint density at radius 1 is 1.21 bits per heavy atom. The van der Waals surface area contributed by atoms with Crippen LogP contribution in [0.4, 0.5) is 26.0 Å². The van der Waals surface area contributed by atoms with E-state index in [0.717, 1.165) is 48.4 Å². The van der Waals surface area contributed by atoms with Crippen LogP contribution in [0.2, 0.25) is 0 Å². The number of carbonyl (C=O) groups is 1. The van der Waals surface area contributed by atoms with Gasteiger partial charge in [0, 0.05) is 56.5 Å². The van der Waals surface area contributed by atoms with Crippen molar-refractivity contribution in [2.24, 2.45) is 0 Å². The molecule has 3 aromatic rings. The van der Waals surface area contributed by atoms with Crippen molar-refractivity contribution >= 4 is 23.1 Å². The fourth-order valence-corrected chi connectivity index (χ4v) is 8.58. The minimum absolute atomic E-state index is 0.0935. The zero-order chi connectivity index (χ0) is 36.6. The van der Waals surface area contributed by atoms with Gasteiger partial charge in [0.1, 0.15) is 30.7 Å². The molecule has 0 spiro atoms. The molecule has 4 aliphatic rings. The van der Waals surface area contributed by atoms with E-state index in [1.165, 1.54) is 18.5 Å². The van der Waals surface area contributed by atoms with Crippen LogP contribution in [0, 0.1) is 18.2 Å². The maximum absolute atomic E-state index is 15.1. The summed E-state index contributed by atoms with van der Waals surface area (Å²) >= 11 is 0. The molecule has 2 fully saturated rings. The van der Waals surface area contributed by atoms with Gasteiger partial charge in [0.25, 0.3) is 0 Å². The molecular formula is C39H46F2N8O3. The number of anilines is 3. The van der Waals surface area contributed by atoms with E-state index < -0.39 is 23.1 Å². The third kappa shape index (κ3) is 7.13. The molecule has 0 radical (unpaired) electrons. The maximum Gasteiger partial charge on any atom is 0.318 e. The molecule has 2 saturated heterocycles. The van der Waals surface area contributed by atoms with Crippen LogP contribution in [0.25, 0.3) is 0 Å². The average Bonchev–Trinajstić information content (AvgIpc) is 3.26. The molecule has 1 amide bonds. The van der Waals surface area contributed by atoms with Gasteiger partial charge < -0.3 is 29.9 Å². The number of benzene rings is 1. The predicted octanol–water partition coefficient (Wildman–Crippen LogP) is 4.11. The van der Waals surface area contributed by atoms with Crippen LogP contribution in [-0.4, -0.2) is 93.1 Å². The number of ether oxygens (including phenoxy) is 1. The summed E-state index contributed by atoms with van der Waals surface area (Å²) in [6.45, 7) is 9.27. The SMILES string of the molecule is C#Cc1c(F)ccc2c1N([C@H]1CCc3c(nc(OC[C@]4(C)C[C@@H](F)CN4c4cncnc4)nc3N3CCCCC(NC(=O)C=C)C3)C1)C[C@](C)(O)C2. The molecule has 2 N–H and O–H groups in total. The largest absolute Gasteiger partial charge is 0.461 e. The van der Waals surface area contributed by atoms with E-state index in [4.69, 9.17) is 21.1 Å². The molecule has 1 aromatic carbocycles. The molecule has 0 bridgehead atoms. The first-order valence-electron chi connectivity index (χ1n) is 18.1. The molecule has 5 atom stereocenters. The van der Waals surface area contributed by atoms with Crippen molar-refractivity contribution in [3.05, 3.63) is 71.7 Å². The number of hydrogen-bond acceptors (Lipinski definition) is 10. The molecule has 2 aromatic heterocycles. The second-order valence-electron chi connectivity index (χ2n) is 15.2. The van der Waals surface area contributed by atoms with Crippen LogP contribution >= 0.6 is 0 Å². The van der Waals surface area contributed by atoms with Gasteiger partial charge in [-0.15, -0.1) is 6.42 Å². The Kier molecular flexibility index (Phi) is 9.78. The molecule has 7 rings (SSSR count). The minimum atomic E-state index is -1.06. The number of halogens is 2. The number of amides is 1. The van der Waals surface area contributed by atoms with Crippen LogP contribution in [0.1, 0.15) is 68.3 Å². The first kappa shape index (κ1) is 35.6. The van der Waals surface area contributed by atoms with Crippen LogP contribution in [0.15, 0.2) is 43.5 Å². The molecule has 11 nitrogen and oxygen atoms in total. The second kappa shape index (κ2) is 14.3. The Hall–Kier alpha value is -4.83. The van der Waals surface area contributed by atoms with E-state index in [1.54, 1.807) is 25.4 Å². The summed E-state index contributed by atoms with van der Waals surface area (Å²) in [6.07, 6.45) is 16.0. The predicted molar refractivity (Wildman–Crippen MR) is 195 cm³/mol. The lowest BCUT2D eigenvalue weighted by molar-refractivity contribution is -0.117. The quantitative estimate of drug-likeness (QED) is 0.261. The molecule has 0 saturated carbocycles. The molecule has 52 heavy (non-hydrogen) atoms. The van der Waals surface area contributed by atoms with Gasteiger partial charge in [0.15, 0.2) is 0 Å². The standard InChI is InChI=1S/C39H46F2N8O3/c1-5-30-32(41)13-10-25-16-39(4,51)22-48(35(25)30)28-11-12-31-33(15-28)45-37(46-36(31)47-14-8-7-9-27(21-47)44-34(50)6-2)52-23-38(3)17-26(40)20-49(38)29-18-42-24-43-19-29/h1,6,10,13,18-19,24,26-28,51H,2,7-9,11-12,14-17,20-23H2,3-4H3,(H,44,50)/t26-,27?,28+,38+,39-/m1/s1. The van der Waals surface area contributed by atoms with Gasteiger partial charge in [-0.25, -0.2) is 18.7 Å². The number of aromatic nitrogens is 4. The van der Waals surface area contributed by atoms with Gasteiger partial charge in [-0.05, 0) is 63.7 Å². The number of aliphatic hydroxyl groups is 1. The van der Waals surface area contributed by atoms with Crippen molar-refractivity contribution < 1.29 is 23.4 Å². The average molecular weight is 713 g/mol.